The van der Waals surface area contributed by atoms with Crippen LogP contribution in [0, 0.1) is 8.99 Å². The molecule has 2 fully saturated rings. The Morgan fingerprint density at radius 3 is 2.18 bits per heavy atom. The predicted octanol–water partition coefficient (Wildman–Crippen LogP) is 2.61. The van der Waals surface area contributed by atoms with Crippen LogP contribution in [0.2, 0.25) is 0 Å². The van der Waals surface area contributed by atoms with Crippen molar-refractivity contribution in [2.75, 3.05) is 32.7 Å². The number of carbonyl (C=O) groups excluding carboxylic acids is 3. The third-order valence-electron chi connectivity index (χ3n) is 5.42. The molecule has 0 radical (unpaired) electrons. The molecule has 0 aliphatic carbocycles. The average molecular weight is 497 g/mol. The van der Waals surface area contributed by atoms with E-state index in [-0.39, 0.29) is 23.8 Å². The van der Waals surface area contributed by atoms with Crippen molar-refractivity contribution < 1.29 is 14.4 Å². The number of rotatable bonds is 2. The van der Waals surface area contributed by atoms with E-state index in [2.05, 4.69) is 22.6 Å². The molecule has 0 aromatic heterocycles. The molecule has 2 aliphatic rings. The van der Waals surface area contributed by atoms with Crippen molar-refractivity contribution in [3.8, 4) is 0 Å². The van der Waals surface area contributed by atoms with Gasteiger partial charge in [-0.2, -0.15) is 0 Å². The first-order valence-corrected chi connectivity index (χ1v) is 10.9. The van der Waals surface area contributed by atoms with Gasteiger partial charge in [-0.3, -0.25) is 14.4 Å². The summed E-state index contributed by atoms with van der Waals surface area (Å²) in [6.07, 6.45) is 1.59. The van der Waals surface area contributed by atoms with Gasteiger partial charge >= 0.3 is 0 Å². The molecule has 1 aromatic carbocycles. The Kier molecular flexibility index (Phi) is 6.31. The van der Waals surface area contributed by atoms with E-state index in [1.54, 1.807) is 4.90 Å². The summed E-state index contributed by atoms with van der Waals surface area (Å²) in [6.45, 7) is 8.41. The van der Waals surface area contributed by atoms with Gasteiger partial charge in [-0.05, 0) is 47.6 Å². The lowest BCUT2D eigenvalue weighted by Gasteiger charge is -2.38. The standard InChI is InChI=1S/C21H28IN3O3/c1-21(2,3)20(28)25-10-6-9-17(25)19(27)24-13-11-23(12-14-24)18(26)15-7-4-5-8-16(15)22/h4-5,7-8,17H,6,9-14H2,1-3H3. The molecule has 0 N–H and O–H groups in total. The SMILES string of the molecule is CC(C)(C)C(=O)N1CCCC1C(=O)N1CCN(C(=O)c2ccccc2I)CC1. The zero-order valence-corrected chi connectivity index (χ0v) is 18.9. The van der Waals surface area contributed by atoms with Gasteiger partial charge in [0, 0.05) is 41.7 Å². The largest absolute Gasteiger partial charge is 0.337 e. The van der Waals surface area contributed by atoms with Gasteiger partial charge in [0.05, 0.1) is 5.56 Å². The predicted molar refractivity (Wildman–Crippen MR) is 116 cm³/mol. The first-order valence-electron chi connectivity index (χ1n) is 9.84. The fourth-order valence-electron chi connectivity index (χ4n) is 3.84. The van der Waals surface area contributed by atoms with Gasteiger partial charge in [-0.25, -0.2) is 0 Å². The summed E-state index contributed by atoms with van der Waals surface area (Å²) in [6, 6.07) is 7.20. The molecule has 6 nitrogen and oxygen atoms in total. The van der Waals surface area contributed by atoms with E-state index in [1.807, 2.05) is 54.8 Å². The summed E-state index contributed by atoms with van der Waals surface area (Å²) in [5.74, 6) is 0.0785. The Balaban J connectivity index is 1.61. The van der Waals surface area contributed by atoms with Crippen LogP contribution in [0.15, 0.2) is 24.3 Å². The molecule has 0 spiro atoms. The summed E-state index contributed by atoms with van der Waals surface area (Å²) in [5, 5.41) is 0. The number of benzene rings is 1. The van der Waals surface area contributed by atoms with Crippen LogP contribution in [0.1, 0.15) is 44.0 Å². The molecule has 3 amide bonds. The van der Waals surface area contributed by atoms with Gasteiger partial charge in [-0.1, -0.05) is 32.9 Å². The highest BCUT2D eigenvalue weighted by Crippen LogP contribution is 2.27. The van der Waals surface area contributed by atoms with Crippen LogP contribution in [0.4, 0.5) is 0 Å². The van der Waals surface area contributed by atoms with Crippen molar-refractivity contribution in [3.63, 3.8) is 0 Å². The number of piperazine rings is 1. The van der Waals surface area contributed by atoms with E-state index in [4.69, 9.17) is 0 Å². The topological polar surface area (TPSA) is 60.9 Å². The number of carbonyl (C=O) groups is 3. The van der Waals surface area contributed by atoms with Crippen molar-refractivity contribution >= 4 is 40.3 Å². The van der Waals surface area contributed by atoms with E-state index in [1.165, 1.54) is 0 Å². The van der Waals surface area contributed by atoms with Gasteiger partial charge in [0.2, 0.25) is 11.8 Å². The van der Waals surface area contributed by atoms with E-state index in [0.717, 1.165) is 16.4 Å². The highest BCUT2D eigenvalue weighted by Gasteiger charge is 2.40. The van der Waals surface area contributed by atoms with Crippen molar-refractivity contribution in [2.24, 2.45) is 5.41 Å². The van der Waals surface area contributed by atoms with E-state index < -0.39 is 5.41 Å². The van der Waals surface area contributed by atoms with Gasteiger partial charge in [0.15, 0.2) is 0 Å². The molecule has 7 heteroatoms. The number of hydrogen-bond acceptors (Lipinski definition) is 3. The highest BCUT2D eigenvalue weighted by molar-refractivity contribution is 14.1. The third kappa shape index (κ3) is 4.34. The number of likely N-dealkylation sites (tertiary alicyclic amines) is 1. The third-order valence-corrected chi connectivity index (χ3v) is 6.36. The Labute approximate surface area is 180 Å². The molecular weight excluding hydrogens is 469 g/mol. The zero-order chi connectivity index (χ0) is 20.5. The Hall–Kier alpha value is -1.64. The van der Waals surface area contributed by atoms with Crippen molar-refractivity contribution in [2.45, 2.75) is 39.7 Å². The number of nitrogens with zero attached hydrogens (tertiary/aromatic N) is 3. The number of hydrogen-bond donors (Lipinski definition) is 0. The van der Waals surface area contributed by atoms with Gasteiger partial charge < -0.3 is 14.7 Å². The second-order valence-electron chi connectivity index (χ2n) is 8.50. The normalized spacial score (nSPS) is 20.4. The van der Waals surface area contributed by atoms with Crippen molar-refractivity contribution in [1.29, 1.82) is 0 Å². The monoisotopic (exact) mass is 497 g/mol. The van der Waals surface area contributed by atoms with E-state index in [9.17, 15) is 14.4 Å². The lowest BCUT2D eigenvalue weighted by atomic mass is 9.94. The van der Waals surface area contributed by atoms with Crippen molar-refractivity contribution in [3.05, 3.63) is 33.4 Å². The molecular formula is C21H28IN3O3. The average Bonchev–Trinajstić information content (AvgIpc) is 3.15. The summed E-state index contributed by atoms with van der Waals surface area (Å²) in [4.78, 5) is 43.9. The Bertz CT molecular complexity index is 766. The summed E-state index contributed by atoms with van der Waals surface area (Å²) >= 11 is 2.18. The second-order valence-corrected chi connectivity index (χ2v) is 9.67. The molecule has 2 heterocycles. The van der Waals surface area contributed by atoms with E-state index in [0.29, 0.717) is 38.3 Å². The van der Waals surface area contributed by atoms with Gasteiger partial charge in [0.25, 0.3) is 5.91 Å². The van der Waals surface area contributed by atoms with Gasteiger partial charge in [0.1, 0.15) is 6.04 Å². The van der Waals surface area contributed by atoms with Crippen LogP contribution < -0.4 is 0 Å². The maximum absolute atomic E-state index is 13.1. The minimum atomic E-state index is -0.485. The molecule has 152 valence electrons. The molecule has 28 heavy (non-hydrogen) atoms. The first kappa shape index (κ1) is 21.1. The van der Waals surface area contributed by atoms with Gasteiger partial charge in [-0.15, -0.1) is 0 Å². The Morgan fingerprint density at radius 2 is 1.57 bits per heavy atom. The lowest BCUT2D eigenvalue weighted by Crippen LogP contribution is -2.56. The zero-order valence-electron chi connectivity index (χ0n) is 16.8. The minimum absolute atomic E-state index is 0.0162. The molecule has 1 unspecified atom stereocenters. The van der Waals surface area contributed by atoms with Crippen LogP contribution in [-0.2, 0) is 9.59 Å². The first-order chi connectivity index (χ1) is 13.2. The smallest absolute Gasteiger partial charge is 0.255 e. The van der Waals surface area contributed by atoms with Crippen LogP contribution in [0.3, 0.4) is 0 Å². The van der Waals surface area contributed by atoms with E-state index >= 15 is 0 Å². The molecule has 2 aliphatic heterocycles. The number of halogens is 1. The second kappa shape index (κ2) is 8.39. The van der Waals surface area contributed by atoms with Crippen LogP contribution in [0.5, 0.6) is 0 Å². The number of amides is 3. The minimum Gasteiger partial charge on any atom is -0.337 e. The maximum atomic E-state index is 13.1. The highest BCUT2D eigenvalue weighted by atomic mass is 127. The van der Waals surface area contributed by atoms with Crippen LogP contribution in [-0.4, -0.2) is 71.2 Å². The van der Waals surface area contributed by atoms with Crippen molar-refractivity contribution in [1.82, 2.24) is 14.7 Å². The summed E-state index contributed by atoms with van der Waals surface area (Å²) in [7, 11) is 0. The molecule has 3 rings (SSSR count). The molecule has 0 bridgehead atoms. The molecule has 1 aromatic rings. The van der Waals surface area contributed by atoms with Crippen LogP contribution >= 0.6 is 22.6 Å². The molecule has 2 saturated heterocycles. The summed E-state index contributed by atoms with van der Waals surface area (Å²) in [5.41, 5.74) is 0.224. The fourth-order valence-corrected chi connectivity index (χ4v) is 4.46. The quantitative estimate of drug-likeness (QED) is 0.591. The molecule has 0 saturated carbocycles. The fraction of sp³-hybridized carbons (Fsp3) is 0.571. The molecule has 1 atom stereocenters. The van der Waals surface area contributed by atoms with Crippen LogP contribution in [0.25, 0.3) is 0 Å². The lowest BCUT2D eigenvalue weighted by molar-refractivity contribution is -0.149. The Morgan fingerprint density at radius 1 is 0.964 bits per heavy atom. The summed E-state index contributed by atoms with van der Waals surface area (Å²) < 4.78 is 0.936. The maximum Gasteiger partial charge on any atom is 0.255 e.